The van der Waals surface area contributed by atoms with E-state index in [0.29, 0.717) is 11.9 Å². The summed E-state index contributed by atoms with van der Waals surface area (Å²) in [6.07, 6.45) is -2.53. The SMILES string of the molecule is O=Cc1c(OCC(F)(F)F)nc2ccccn12. The quantitative estimate of drug-likeness (QED) is 0.776. The van der Waals surface area contributed by atoms with Gasteiger partial charge in [-0.1, -0.05) is 6.07 Å². The molecule has 7 heteroatoms. The second-order valence-electron chi connectivity index (χ2n) is 3.25. The summed E-state index contributed by atoms with van der Waals surface area (Å²) in [7, 11) is 0. The predicted molar refractivity (Wildman–Crippen MR) is 52.1 cm³/mol. The third-order valence-corrected chi connectivity index (χ3v) is 2.02. The van der Waals surface area contributed by atoms with Crippen LogP contribution in [0.2, 0.25) is 0 Å². The maximum atomic E-state index is 12.0. The van der Waals surface area contributed by atoms with E-state index in [-0.39, 0.29) is 11.6 Å². The van der Waals surface area contributed by atoms with Gasteiger partial charge in [0.15, 0.2) is 12.9 Å². The number of rotatable bonds is 3. The number of hydrogen-bond donors (Lipinski definition) is 0. The van der Waals surface area contributed by atoms with Crippen molar-refractivity contribution in [3.8, 4) is 5.88 Å². The summed E-state index contributed by atoms with van der Waals surface area (Å²) < 4.78 is 41.8. The number of imidazole rings is 1. The topological polar surface area (TPSA) is 43.6 Å². The molecule has 17 heavy (non-hydrogen) atoms. The molecule has 0 radical (unpaired) electrons. The first-order valence-electron chi connectivity index (χ1n) is 4.63. The normalized spacial score (nSPS) is 11.7. The van der Waals surface area contributed by atoms with Crippen LogP contribution in [0.4, 0.5) is 13.2 Å². The summed E-state index contributed by atoms with van der Waals surface area (Å²) in [4.78, 5) is 14.6. The van der Waals surface area contributed by atoms with Gasteiger partial charge in [-0.3, -0.25) is 9.20 Å². The van der Waals surface area contributed by atoms with Crippen molar-refractivity contribution in [3.63, 3.8) is 0 Å². The van der Waals surface area contributed by atoms with Gasteiger partial charge in [-0.05, 0) is 12.1 Å². The number of carbonyl (C=O) groups excluding carboxylic acids is 1. The highest BCUT2D eigenvalue weighted by atomic mass is 19.4. The number of aromatic nitrogens is 2. The number of alkyl halides is 3. The minimum atomic E-state index is -4.46. The first-order valence-corrected chi connectivity index (χ1v) is 4.63. The molecule has 0 aliphatic rings. The Morgan fingerprint density at radius 3 is 2.82 bits per heavy atom. The van der Waals surface area contributed by atoms with E-state index in [0.717, 1.165) is 0 Å². The zero-order valence-electron chi connectivity index (χ0n) is 8.44. The maximum absolute atomic E-state index is 12.0. The summed E-state index contributed by atoms with van der Waals surface area (Å²) in [5.74, 6) is -0.316. The molecule has 0 bridgehead atoms. The van der Waals surface area contributed by atoms with Crippen molar-refractivity contribution in [3.05, 3.63) is 30.1 Å². The Kier molecular flexibility index (Phi) is 2.74. The van der Waals surface area contributed by atoms with Crippen molar-refractivity contribution in [2.75, 3.05) is 6.61 Å². The minimum Gasteiger partial charge on any atom is -0.466 e. The van der Waals surface area contributed by atoms with Gasteiger partial charge in [0.1, 0.15) is 11.3 Å². The average molecular weight is 244 g/mol. The third kappa shape index (κ3) is 2.38. The minimum absolute atomic E-state index is 0.0372. The van der Waals surface area contributed by atoms with E-state index in [1.807, 2.05) is 0 Å². The molecule has 2 aromatic heterocycles. The summed E-state index contributed by atoms with van der Waals surface area (Å²) in [5.41, 5.74) is 0.316. The summed E-state index contributed by atoms with van der Waals surface area (Å²) in [5, 5.41) is 0. The van der Waals surface area contributed by atoms with Crippen LogP contribution < -0.4 is 4.74 Å². The molecule has 0 saturated heterocycles. The van der Waals surface area contributed by atoms with E-state index < -0.39 is 12.8 Å². The second kappa shape index (κ2) is 4.08. The lowest BCUT2D eigenvalue weighted by Gasteiger charge is -2.06. The van der Waals surface area contributed by atoms with E-state index in [4.69, 9.17) is 0 Å². The molecule has 0 N–H and O–H groups in total. The molecular weight excluding hydrogens is 237 g/mol. The molecule has 0 saturated carbocycles. The zero-order chi connectivity index (χ0) is 12.5. The summed E-state index contributed by atoms with van der Waals surface area (Å²) in [6.45, 7) is -1.47. The molecule has 2 heterocycles. The van der Waals surface area contributed by atoms with Crippen LogP contribution in [0.1, 0.15) is 10.5 Å². The number of fused-ring (bicyclic) bond motifs is 1. The van der Waals surface area contributed by atoms with Crippen molar-refractivity contribution in [2.24, 2.45) is 0 Å². The Bertz CT molecular complexity index is 548. The fourth-order valence-electron chi connectivity index (χ4n) is 1.36. The van der Waals surface area contributed by atoms with E-state index in [9.17, 15) is 18.0 Å². The van der Waals surface area contributed by atoms with E-state index in [2.05, 4.69) is 9.72 Å². The Labute approximate surface area is 93.6 Å². The lowest BCUT2D eigenvalue weighted by Crippen LogP contribution is -2.19. The van der Waals surface area contributed by atoms with Gasteiger partial charge in [0.2, 0.25) is 5.88 Å². The molecular formula is C10H7F3N2O2. The highest BCUT2D eigenvalue weighted by Gasteiger charge is 2.29. The van der Waals surface area contributed by atoms with Crippen molar-refractivity contribution in [1.82, 2.24) is 9.38 Å². The monoisotopic (exact) mass is 244 g/mol. The highest BCUT2D eigenvalue weighted by Crippen LogP contribution is 2.21. The van der Waals surface area contributed by atoms with Crippen molar-refractivity contribution in [2.45, 2.75) is 6.18 Å². The number of carbonyl (C=O) groups is 1. The van der Waals surface area contributed by atoms with E-state index in [1.165, 1.54) is 10.6 Å². The maximum Gasteiger partial charge on any atom is 0.422 e. The average Bonchev–Trinajstić information content (AvgIpc) is 2.63. The van der Waals surface area contributed by atoms with Gasteiger partial charge in [0.25, 0.3) is 0 Å². The highest BCUT2D eigenvalue weighted by molar-refractivity contribution is 5.78. The number of aldehydes is 1. The summed E-state index contributed by atoms with van der Waals surface area (Å²) in [6, 6.07) is 4.85. The van der Waals surface area contributed by atoms with Crippen LogP contribution in [0.15, 0.2) is 24.4 Å². The van der Waals surface area contributed by atoms with Gasteiger partial charge < -0.3 is 4.74 Å². The molecule has 0 aromatic carbocycles. The van der Waals surface area contributed by atoms with Crippen molar-refractivity contribution in [1.29, 1.82) is 0 Å². The van der Waals surface area contributed by atoms with Crippen LogP contribution >= 0.6 is 0 Å². The van der Waals surface area contributed by atoms with Gasteiger partial charge >= 0.3 is 6.18 Å². The van der Waals surface area contributed by atoms with Crippen molar-refractivity contribution < 1.29 is 22.7 Å². The predicted octanol–water partition coefficient (Wildman–Crippen LogP) is 2.09. The zero-order valence-corrected chi connectivity index (χ0v) is 8.44. The Balaban J connectivity index is 2.37. The van der Waals surface area contributed by atoms with Gasteiger partial charge in [-0.25, -0.2) is 0 Å². The number of ether oxygens (including phenoxy) is 1. The molecule has 0 fully saturated rings. The summed E-state index contributed by atoms with van der Waals surface area (Å²) >= 11 is 0. The lowest BCUT2D eigenvalue weighted by atomic mass is 10.4. The molecule has 0 aliphatic carbocycles. The first kappa shape index (κ1) is 11.4. The largest absolute Gasteiger partial charge is 0.466 e. The Hall–Kier alpha value is -2.05. The van der Waals surface area contributed by atoms with Gasteiger partial charge in [-0.15, -0.1) is 0 Å². The van der Waals surface area contributed by atoms with Crippen LogP contribution in [-0.4, -0.2) is 28.5 Å². The number of hydrogen-bond acceptors (Lipinski definition) is 3. The molecule has 90 valence electrons. The molecule has 2 aromatic rings. The van der Waals surface area contributed by atoms with Crippen LogP contribution in [0.5, 0.6) is 5.88 Å². The molecule has 0 amide bonds. The Morgan fingerprint density at radius 1 is 1.41 bits per heavy atom. The van der Waals surface area contributed by atoms with Gasteiger partial charge in [-0.2, -0.15) is 18.2 Å². The molecule has 4 nitrogen and oxygen atoms in total. The molecule has 2 rings (SSSR count). The van der Waals surface area contributed by atoms with Crippen molar-refractivity contribution >= 4 is 11.9 Å². The molecule has 0 atom stereocenters. The lowest BCUT2D eigenvalue weighted by molar-refractivity contribution is -0.154. The number of nitrogens with zero attached hydrogens (tertiary/aromatic N) is 2. The van der Waals surface area contributed by atoms with Crippen LogP contribution in [-0.2, 0) is 0 Å². The first-order chi connectivity index (χ1) is 8.01. The van der Waals surface area contributed by atoms with Crippen LogP contribution in [0.3, 0.4) is 0 Å². The second-order valence-corrected chi connectivity index (χ2v) is 3.25. The molecule has 0 aliphatic heterocycles. The molecule has 0 spiro atoms. The fourth-order valence-corrected chi connectivity index (χ4v) is 1.36. The van der Waals surface area contributed by atoms with E-state index in [1.54, 1.807) is 18.2 Å². The van der Waals surface area contributed by atoms with E-state index >= 15 is 0 Å². The van der Waals surface area contributed by atoms with Crippen LogP contribution in [0, 0.1) is 0 Å². The van der Waals surface area contributed by atoms with Crippen LogP contribution in [0.25, 0.3) is 5.65 Å². The number of halogens is 3. The fraction of sp³-hybridized carbons (Fsp3) is 0.200. The van der Waals surface area contributed by atoms with Gasteiger partial charge in [0.05, 0.1) is 0 Å². The molecule has 0 unspecified atom stereocenters. The van der Waals surface area contributed by atoms with Gasteiger partial charge in [0, 0.05) is 6.20 Å². The smallest absolute Gasteiger partial charge is 0.422 e. The Morgan fingerprint density at radius 2 is 2.18 bits per heavy atom. The standard InChI is InChI=1S/C10H7F3N2O2/c11-10(12,13)6-17-9-7(5-16)15-4-2-1-3-8(15)14-9/h1-5H,6H2. The number of pyridine rings is 1. The third-order valence-electron chi connectivity index (χ3n) is 2.02.